The average Bonchev–Trinajstić information content (AvgIpc) is 2.88. The normalized spacial score (nSPS) is 12.2. The van der Waals surface area contributed by atoms with Crippen LogP contribution in [0.15, 0.2) is 83.8 Å². The van der Waals surface area contributed by atoms with E-state index in [1.165, 1.54) is 29.2 Å². The van der Waals surface area contributed by atoms with Crippen molar-refractivity contribution >= 4 is 50.7 Å². The van der Waals surface area contributed by atoms with Crippen molar-refractivity contribution in [2.24, 2.45) is 0 Å². The molecular weight excluding hydrogens is 545 g/mol. The monoisotopic (exact) mass is 575 g/mol. The molecule has 10 heteroatoms. The third kappa shape index (κ3) is 7.28. The quantitative estimate of drug-likeness (QED) is 0.326. The van der Waals surface area contributed by atoms with Crippen LogP contribution in [0.25, 0.3) is 0 Å². The van der Waals surface area contributed by atoms with Gasteiger partial charge in [-0.3, -0.25) is 13.9 Å². The summed E-state index contributed by atoms with van der Waals surface area (Å²) < 4.78 is 28.5. The lowest BCUT2D eigenvalue weighted by Crippen LogP contribution is -2.53. The van der Waals surface area contributed by atoms with E-state index in [1.807, 2.05) is 13.8 Å². The van der Waals surface area contributed by atoms with Crippen LogP contribution in [-0.4, -0.2) is 43.8 Å². The summed E-state index contributed by atoms with van der Waals surface area (Å²) in [5.41, 5.74) is 0.957. The fourth-order valence-corrected chi connectivity index (χ4v) is 5.70. The zero-order chi connectivity index (χ0) is 27.9. The third-order valence-corrected chi connectivity index (χ3v) is 8.25. The van der Waals surface area contributed by atoms with E-state index in [4.69, 9.17) is 23.2 Å². The van der Waals surface area contributed by atoms with Crippen molar-refractivity contribution in [1.82, 2.24) is 10.2 Å². The van der Waals surface area contributed by atoms with Gasteiger partial charge >= 0.3 is 0 Å². The molecule has 0 spiro atoms. The van der Waals surface area contributed by atoms with Crippen molar-refractivity contribution in [2.45, 2.75) is 50.7 Å². The number of amides is 2. The molecular formula is C28H31Cl2N3O4S. The number of carbonyl (C=O) groups is 2. The van der Waals surface area contributed by atoms with Crippen molar-refractivity contribution in [2.75, 3.05) is 10.8 Å². The highest BCUT2D eigenvalue weighted by atomic mass is 35.5. The van der Waals surface area contributed by atoms with Gasteiger partial charge in [0.05, 0.1) is 10.6 Å². The van der Waals surface area contributed by atoms with Gasteiger partial charge in [-0.05, 0) is 68.3 Å². The first-order chi connectivity index (χ1) is 18.0. The van der Waals surface area contributed by atoms with Crippen LogP contribution >= 0.6 is 23.2 Å². The average molecular weight is 577 g/mol. The van der Waals surface area contributed by atoms with Crippen molar-refractivity contribution < 1.29 is 18.0 Å². The SMILES string of the molecule is CC[C@@H](C(=O)NC(C)C)N(Cc1ccccc1Cl)C(=O)CN(c1ccccc1)S(=O)(=O)c1ccc(Cl)cc1. The molecule has 2 amide bonds. The molecule has 202 valence electrons. The number of nitrogens with one attached hydrogen (secondary N) is 1. The highest BCUT2D eigenvalue weighted by Crippen LogP contribution is 2.26. The molecule has 0 bridgehead atoms. The molecule has 1 atom stereocenters. The standard InChI is InChI=1S/C28H31Cl2N3O4S/c1-4-26(28(35)31-20(2)3)32(18-21-10-8-9-13-25(21)30)27(34)19-33(23-11-6-5-7-12-23)38(36,37)24-16-14-22(29)15-17-24/h5-17,20,26H,4,18-19H2,1-3H3,(H,31,35)/t26-/m0/s1. The molecule has 7 nitrogen and oxygen atoms in total. The van der Waals surface area contributed by atoms with Gasteiger partial charge in [-0.2, -0.15) is 0 Å². The van der Waals surface area contributed by atoms with Gasteiger partial charge in [0.2, 0.25) is 11.8 Å². The molecule has 0 heterocycles. The minimum Gasteiger partial charge on any atom is -0.352 e. The Bertz CT molecular complexity index is 1350. The Morgan fingerprint density at radius 1 is 0.895 bits per heavy atom. The van der Waals surface area contributed by atoms with Crippen LogP contribution in [0.4, 0.5) is 5.69 Å². The van der Waals surface area contributed by atoms with Crippen molar-refractivity contribution in [3.8, 4) is 0 Å². The van der Waals surface area contributed by atoms with Crippen LogP contribution in [0, 0.1) is 0 Å². The summed E-state index contributed by atoms with van der Waals surface area (Å²) >= 11 is 12.4. The Morgan fingerprint density at radius 3 is 2.08 bits per heavy atom. The zero-order valence-corrected chi connectivity index (χ0v) is 23.8. The van der Waals surface area contributed by atoms with Crippen LogP contribution in [0.5, 0.6) is 0 Å². The molecule has 3 rings (SSSR count). The lowest BCUT2D eigenvalue weighted by Gasteiger charge is -2.33. The maximum Gasteiger partial charge on any atom is 0.264 e. The van der Waals surface area contributed by atoms with Crippen molar-refractivity contribution in [3.63, 3.8) is 0 Å². The Kier molecular flexibility index (Phi) is 10.2. The van der Waals surface area contributed by atoms with Crippen LogP contribution in [-0.2, 0) is 26.2 Å². The molecule has 38 heavy (non-hydrogen) atoms. The lowest BCUT2D eigenvalue weighted by atomic mass is 10.1. The van der Waals surface area contributed by atoms with Gasteiger partial charge in [-0.25, -0.2) is 8.42 Å². The first kappa shape index (κ1) is 29.5. The molecule has 0 unspecified atom stereocenters. The minimum atomic E-state index is -4.15. The van der Waals surface area contributed by atoms with Gasteiger partial charge < -0.3 is 10.2 Å². The van der Waals surface area contributed by atoms with Gasteiger partial charge in [-0.15, -0.1) is 0 Å². The number of hydrogen-bond donors (Lipinski definition) is 1. The van der Waals surface area contributed by atoms with Gasteiger partial charge in [0, 0.05) is 22.6 Å². The first-order valence-corrected chi connectivity index (χ1v) is 14.4. The molecule has 1 N–H and O–H groups in total. The molecule has 0 radical (unpaired) electrons. The van der Waals surface area contributed by atoms with Gasteiger partial charge in [-0.1, -0.05) is 66.5 Å². The Hall–Kier alpha value is -3.07. The molecule has 3 aromatic carbocycles. The number of benzene rings is 3. The van der Waals surface area contributed by atoms with Crippen LogP contribution < -0.4 is 9.62 Å². The molecule has 0 saturated carbocycles. The van der Waals surface area contributed by atoms with E-state index in [0.717, 1.165) is 4.31 Å². The first-order valence-electron chi connectivity index (χ1n) is 12.2. The number of halogens is 2. The molecule has 0 aliphatic carbocycles. The second kappa shape index (κ2) is 13.1. The second-order valence-corrected chi connectivity index (χ2v) is 11.7. The van der Waals surface area contributed by atoms with Crippen molar-refractivity contribution in [1.29, 1.82) is 0 Å². The van der Waals surface area contributed by atoms with E-state index in [0.29, 0.717) is 27.7 Å². The van der Waals surface area contributed by atoms with E-state index < -0.39 is 28.5 Å². The molecule has 0 fully saturated rings. The highest BCUT2D eigenvalue weighted by Gasteiger charge is 2.34. The maximum absolute atomic E-state index is 13.9. The summed E-state index contributed by atoms with van der Waals surface area (Å²) in [5, 5.41) is 3.70. The predicted molar refractivity (Wildman–Crippen MR) is 152 cm³/mol. The third-order valence-electron chi connectivity index (χ3n) is 5.84. The van der Waals surface area contributed by atoms with Crippen molar-refractivity contribution in [3.05, 3.63) is 94.5 Å². The van der Waals surface area contributed by atoms with Crippen LogP contribution in [0.2, 0.25) is 10.0 Å². The molecule has 3 aromatic rings. The van der Waals surface area contributed by atoms with E-state index in [1.54, 1.807) is 61.5 Å². The molecule has 0 aromatic heterocycles. The number of anilines is 1. The topological polar surface area (TPSA) is 86.8 Å². The zero-order valence-electron chi connectivity index (χ0n) is 21.5. The van der Waals surface area contributed by atoms with E-state index in [2.05, 4.69) is 5.32 Å². The number of carbonyl (C=O) groups excluding carboxylic acids is 2. The number of para-hydroxylation sites is 1. The van der Waals surface area contributed by atoms with Gasteiger partial charge in [0.15, 0.2) is 0 Å². The summed E-state index contributed by atoms with van der Waals surface area (Å²) in [7, 11) is -4.15. The molecule has 0 aliphatic rings. The number of rotatable bonds is 11. The fourth-order valence-electron chi connectivity index (χ4n) is 3.97. The van der Waals surface area contributed by atoms with Gasteiger partial charge in [0.25, 0.3) is 10.0 Å². The molecule has 0 saturated heterocycles. The van der Waals surface area contributed by atoms with E-state index in [9.17, 15) is 18.0 Å². The van der Waals surface area contributed by atoms with E-state index >= 15 is 0 Å². The Morgan fingerprint density at radius 2 is 1.50 bits per heavy atom. The number of sulfonamides is 1. The smallest absolute Gasteiger partial charge is 0.264 e. The molecule has 0 aliphatic heterocycles. The maximum atomic E-state index is 13.9. The largest absolute Gasteiger partial charge is 0.352 e. The number of hydrogen-bond acceptors (Lipinski definition) is 4. The van der Waals surface area contributed by atoms with Crippen LogP contribution in [0.3, 0.4) is 0 Å². The summed E-state index contributed by atoms with van der Waals surface area (Å²) in [5.74, 6) is -0.869. The summed E-state index contributed by atoms with van der Waals surface area (Å²) in [6.45, 7) is 4.98. The van der Waals surface area contributed by atoms with Gasteiger partial charge in [0.1, 0.15) is 12.6 Å². The fraction of sp³-hybridized carbons (Fsp3) is 0.286. The Labute approximate surface area is 234 Å². The lowest BCUT2D eigenvalue weighted by molar-refractivity contribution is -0.140. The predicted octanol–water partition coefficient (Wildman–Crippen LogP) is 5.52. The Balaban J connectivity index is 2.05. The minimum absolute atomic E-state index is 0.0131. The van der Waals surface area contributed by atoms with Crippen LogP contribution in [0.1, 0.15) is 32.8 Å². The second-order valence-electron chi connectivity index (χ2n) is 9.00. The number of nitrogens with zero attached hydrogens (tertiary/aromatic N) is 2. The highest BCUT2D eigenvalue weighted by molar-refractivity contribution is 7.92. The van der Waals surface area contributed by atoms with E-state index in [-0.39, 0.29) is 23.4 Å². The summed E-state index contributed by atoms with van der Waals surface area (Å²) in [6.07, 6.45) is 0.323. The summed E-state index contributed by atoms with van der Waals surface area (Å²) in [6, 6.07) is 20.2. The summed E-state index contributed by atoms with van der Waals surface area (Å²) in [4.78, 5) is 28.5.